The summed E-state index contributed by atoms with van der Waals surface area (Å²) in [7, 11) is 1.75. The van der Waals surface area contributed by atoms with Gasteiger partial charge in [-0.1, -0.05) is 18.2 Å². The van der Waals surface area contributed by atoms with Crippen molar-refractivity contribution in [1.29, 1.82) is 0 Å². The third-order valence-electron chi connectivity index (χ3n) is 5.00. The van der Waals surface area contributed by atoms with Crippen LogP contribution in [0.5, 0.6) is 0 Å². The van der Waals surface area contributed by atoms with Crippen molar-refractivity contribution >= 4 is 5.91 Å². The van der Waals surface area contributed by atoms with Crippen molar-refractivity contribution in [2.45, 2.75) is 13.3 Å². The standard InChI is InChI=1S/C23H21FN6O/c1-16-19(22(31)29(2)14-11-17-7-5-6-12-25-17)15-27-30(16)23-26-13-10-21(28-23)18-8-3-4-9-20(18)24/h3-10,12-13,15H,11,14H2,1-2H3. The number of amides is 1. The lowest BCUT2D eigenvalue weighted by Crippen LogP contribution is -2.29. The smallest absolute Gasteiger partial charge is 0.257 e. The molecule has 0 aliphatic heterocycles. The van der Waals surface area contributed by atoms with Crippen LogP contribution in [0, 0.1) is 12.7 Å². The Balaban J connectivity index is 1.55. The second-order valence-corrected chi connectivity index (χ2v) is 7.07. The number of halogens is 1. The molecule has 0 unspecified atom stereocenters. The number of hydrogen-bond acceptors (Lipinski definition) is 5. The van der Waals surface area contributed by atoms with E-state index in [1.54, 1.807) is 55.5 Å². The van der Waals surface area contributed by atoms with Crippen molar-refractivity contribution in [3.8, 4) is 17.2 Å². The minimum absolute atomic E-state index is 0.148. The molecule has 156 valence electrons. The van der Waals surface area contributed by atoms with Crippen LogP contribution in [0.3, 0.4) is 0 Å². The molecule has 0 atom stereocenters. The predicted octanol–water partition coefficient (Wildman–Crippen LogP) is 3.49. The summed E-state index contributed by atoms with van der Waals surface area (Å²) in [6.07, 6.45) is 5.45. The molecule has 4 rings (SSSR count). The summed E-state index contributed by atoms with van der Waals surface area (Å²) in [5.74, 6) is -0.242. The van der Waals surface area contributed by atoms with Crippen LogP contribution in [-0.2, 0) is 6.42 Å². The normalized spacial score (nSPS) is 10.8. The lowest BCUT2D eigenvalue weighted by Gasteiger charge is -2.16. The number of nitrogens with zero attached hydrogens (tertiary/aromatic N) is 6. The van der Waals surface area contributed by atoms with Gasteiger partial charge in [-0.25, -0.2) is 19.0 Å². The summed E-state index contributed by atoms with van der Waals surface area (Å²) in [4.78, 5) is 27.5. The van der Waals surface area contributed by atoms with Gasteiger partial charge in [0.1, 0.15) is 5.82 Å². The zero-order valence-electron chi connectivity index (χ0n) is 17.2. The minimum atomic E-state index is -0.366. The van der Waals surface area contributed by atoms with E-state index >= 15 is 0 Å². The monoisotopic (exact) mass is 416 g/mol. The van der Waals surface area contributed by atoms with Crippen LogP contribution in [0.1, 0.15) is 21.7 Å². The van der Waals surface area contributed by atoms with E-state index in [0.717, 1.165) is 5.69 Å². The fraction of sp³-hybridized carbons (Fsp3) is 0.174. The Hall–Kier alpha value is -3.94. The number of pyridine rings is 1. The van der Waals surface area contributed by atoms with Crippen molar-refractivity contribution in [2.75, 3.05) is 13.6 Å². The Kier molecular flexibility index (Phi) is 5.79. The van der Waals surface area contributed by atoms with Gasteiger partial charge in [0.05, 0.1) is 23.1 Å². The second kappa shape index (κ2) is 8.83. The van der Waals surface area contributed by atoms with Gasteiger partial charge in [0.25, 0.3) is 11.9 Å². The van der Waals surface area contributed by atoms with Crippen molar-refractivity contribution in [3.05, 3.63) is 89.9 Å². The van der Waals surface area contributed by atoms with Crippen LogP contribution < -0.4 is 0 Å². The highest BCUT2D eigenvalue weighted by atomic mass is 19.1. The van der Waals surface area contributed by atoms with E-state index in [1.807, 2.05) is 18.2 Å². The first kappa shape index (κ1) is 20.3. The van der Waals surface area contributed by atoms with Gasteiger partial charge in [-0.3, -0.25) is 9.78 Å². The molecular formula is C23H21FN6O. The summed E-state index contributed by atoms with van der Waals surface area (Å²) in [6.45, 7) is 2.31. The molecule has 0 saturated heterocycles. The van der Waals surface area contributed by atoms with Crippen molar-refractivity contribution in [3.63, 3.8) is 0 Å². The highest BCUT2D eigenvalue weighted by Crippen LogP contribution is 2.21. The fourth-order valence-electron chi connectivity index (χ4n) is 3.23. The van der Waals surface area contributed by atoms with Crippen LogP contribution in [-0.4, -0.2) is 49.1 Å². The average molecular weight is 416 g/mol. The van der Waals surface area contributed by atoms with E-state index in [9.17, 15) is 9.18 Å². The first-order valence-corrected chi connectivity index (χ1v) is 9.83. The Bertz CT molecular complexity index is 1210. The summed E-state index contributed by atoms with van der Waals surface area (Å²) in [6, 6.07) is 13.8. The average Bonchev–Trinajstić information content (AvgIpc) is 3.19. The first-order chi connectivity index (χ1) is 15.0. The molecule has 0 spiro atoms. The Morgan fingerprint density at radius 2 is 1.87 bits per heavy atom. The number of likely N-dealkylation sites (N-methyl/N-ethyl adjacent to an activating group) is 1. The number of benzene rings is 1. The van der Waals surface area contributed by atoms with Gasteiger partial charge < -0.3 is 4.90 Å². The molecule has 8 heteroatoms. The third-order valence-corrected chi connectivity index (χ3v) is 5.00. The van der Waals surface area contributed by atoms with Gasteiger partial charge in [-0.05, 0) is 37.3 Å². The SMILES string of the molecule is Cc1c(C(=O)N(C)CCc2ccccn2)cnn1-c1nccc(-c2ccccc2F)n1. The molecule has 0 aliphatic rings. The maximum absolute atomic E-state index is 14.1. The molecule has 1 amide bonds. The molecular weight excluding hydrogens is 395 g/mol. The molecule has 0 N–H and O–H groups in total. The summed E-state index contributed by atoms with van der Waals surface area (Å²) >= 11 is 0. The first-order valence-electron chi connectivity index (χ1n) is 9.83. The van der Waals surface area contributed by atoms with Gasteiger partial charge in [-0.2, -0.15) is 5.10 Å². The number of rotatable bonds is 6. The molecule has 31 heavy (non-hydrogen) atoms. The quantitative estimate of drug-likeness (QED) is 0.481. The van der Waals surface area contributed by atoms with Gasteiger partial charge in [-0.15, -0.1) is 0 Å². The van der Waals surface area contributed by atoms with E-state index in [1.165, 1.54) is 16.9 Å². The van der Waals surface area contributed by atoms with E-state index in [0.29, 0.717) is 35.5 Å². The van der Waals surface area contributed by atoms with Crippen molar-refractivity contribution in [2.24, 2.45) is 0 Å². The van der Waals surface area contributed by atoms with E-state index in [-0.39, 0.29) is 17.7 Å². The fourth-order valence-corrected chi connectivity index (χ4v) is 3.23. The zero-order chi connectivity index (χ0) is 21.8. The van der Waals surface area contributed by atoms with Crippen molar-refractivity contribution in [1.82, 2.24) is 29.6 Å². The maximum Gasteiger partial charge on any atom is 0.257 e. The lowest BCUT2D eigenvalue weighted by molar-refractivity contribution is 0.0795. The third kappa shape index (κ3) is 4.32. The Morgan fingerprint density at radius 3 is 2.65 bits per heavy atom. The number of hydrogen-bond donors (Lipinski definition) is 0. The molecule has 3 heterocycles. The largest absolute Gasteiger partial charge is 0.341 e. The van der Waals surface area contributed by atoms with Crippen LogP contribution in [0.2, 0.25) is 0 Å². The zero-order valence-corrected chi connectivity index (χ0v) is 17.2. The maximum atomic E-state index is 14.1. The predicted molar refractivity (Wildman–Crippen MR) is 114 cm³/mol. The van der Waals surface area contributed by atoms with E-state index < -0.39 is 0 Å². The van der Waals surface area contributed by atoms with Crippen LogP contribution in [0.4, 0.5) is 4.39 Å². The van der Waals surface area contributed by atoms with Gasteiger partial charge in [0.15, 0.2) is 0 Å². The van der Waals surface area contributed by atoms with Crippen molar-refractivity contribution < 1.29 is 9.18 Å². The molecule has 3 aromatic heterocycles. The minimum Gasteiger partial charge on any atom is -0.341 e. The summed E-state index contributed by atoms with van der Waals surface area (Å²) in [5.41, 5.74) is 2.82. The van der Waals surface area contributed by atoms with Crippen LogP contribution in [0.15, 0.2) is 67.1 Å². The molecule has 0 radical (unpaired) electrons. The number of aromatic nitrogens is 5. The van der Waals surface area contributed by atoms with Gasteiger partial charge in [0.2, 0.25) is 0 Å². The van der Waals surface area contributed by atoms with E-state index in [2.05, 4.69) is 20.1 Å². The van der Waals surface area contributed by atoms with Crippen LogP contribution in [0.25, 0.3) is 17.2 Å². The molecule has 0 fully saturated rings. The van der Waals surface area contributed by atoms with Gasteiger partial charge in [0, 0.05) is 43.7 Å². The molecule has 0 saturated carbocycles. The number of carbonyl (C=O) groups is 1. The second-order valence-electron chi connectivity index (χ2n) is 7.07. The highest BCUT2D eigenvalue weighted by Gasteiger charge is 2.20. The molecule has 7 nitrogen and oxygen atoms in total. The summed E-state index contributed by atoms with van der Waals surface area (Å²) < 4.78 is 15.6. The molecule has 1 aromatic carbocycles. The Morgan fingerprint density at radius 1 is 1.06 bits per heavy atom. The topological polar surface area (TPSA) is 76.8 Å². The van der Waals surface area contributed by atoms with Gasteiger partial charge >= 0.3 is 0 Å². The molecule has 0 aliphatic carbocycles. The molecule has 0 bridgehead atoms. The van der Waals surface area contributed by atoms with Crippen LogP contribution >= 0.6 is 0 Å². The number of carbonyl (C=O) groups excluding carboxylic acids is 1. The van der Waals surface area contributed by atoms with E-state index in [4.69, 9.17) is 0 Å². The summed E-state index contributed by atoms with van der Waals surface area (Å²) in [5, 5.41) is 4.30. The Labute approximate surface area is 179 Å². The highest BCUT2D eigenvalue weighted by molar-refractivity contribution is 5.95. The molecule has 4 aromatic rings. The lowest BCUT2D eigenvalue weighted by atomic mass is 10.1.